The zero-order chi connectivity index (χ0) is 13.0. The van der Waals surface area contributed by atoms with E-state index in [4.69, 9.17) is 0 Å². The summed E-state index contributed by atoms with van der Waals surface area (Å²) < 4.78 is 1.18. The number of carbonyl (C=O) groups is 1. The number of rotatable bonds is 5. The van der Waals surface area contributed by atoms with Crippen LogP contribution < -0.4 is 10.6 Å². The topological polar surface area (TPSA) is 54.0 Å². The number of para-hydroxylation sites is 1. The second-order valence-electron chi connectivity index (χ2n) is 4.08. The zero-order valence-electron chi connectivity index (χ0n) is 10.6. The Bertz CT molecular complexity index is 505. The number of likely N-dealkylation sites (N-methyl/N-ethyl adjacent to an activating group) is 1. The molecule has 1 unspecified atom stereocenters. The summed E-state index contributed by atoms with van der Waals surface area (Å²) in [6, 6.07) is 8.15. The van der Waals surface area contributed by atoms with E-state index in [1.807, 2.05) is 32.0 Å². The first-order chi connectivity index (χ1) is 8.70. The van der Waals surface area contributed by atoms with Gasteiger partial charge in [0.25, 0.3) is 0 Å². The predicted octanol–water partition coefficient (Wildman–Crippen LogP) is 2.08. The number of fused-ring (bicyclic) bond motifs is 1. The number of hydrogen-bond acceptors (Lipinski definition) is 4. The number of amides is 1. The molecule has 1 aromatic heterocycles. The molecule has 0 saturated heterocycles. The third-order valence-corrected chi connectivity index (χ3v) is 3.84. The standard InChI is InChI=1S/C13H17N3OS/c1-3-14-12(17)8-15-9(2)13-16-10-6-4-5-7-11(10)18-13/h4-7,9,15H,3,8H2,1-2H3,(H,14,17). The molecule has 0 aliphatic carbocycles. The van der Waals surface area contributed by atoms with Gasteiger partial charge in [0.1, 0.15) is 5.01 Å². The number of carbonyl (C=O) groups excluding carboxylic acids is 1. The van der Waals surface area contributed by atoms with Crippen molar-refractivity contribution in [2.75, 3.05) is 13.1 Å². The summed E-state index contributed by atoms with van der Waals surface area (Å²) in [6.45, 7) is 4.92. The van der Waals surface area contributed by atoms with E-state index in [-0.39, 0.29) is 11.9 Å². The van der Waals surface area contributed by atoms with Gasteiger partial charge in [-0.05, 0) is 26.0 Å². The Kier molecular flexibility index (Phi) is 4.28. The molecule has 96 valence electrons. The minimum atomic E-state index is 0.0189. The van der Waals surface area contributed by atoms with Crippen LogP contribution in [0.5, 0.6) is 0 Å². The average molecular weight is 263 g/mol. The first kappa shape index (κ1) is 13.0. The maximum atomic E-state index is 11.4. The predicted molar refractivity (Wildman–Crippen MR) is 74.7 cm³/mol. The molecule has 0 saturated carbocycles. The smallest absolute Gasteiger partial charge is 0.233 e. The van der Waals surface area contributed by atoms with Crippen LogP contribution in [-0.4, -0.2) is 24.0 Å². The van der Waals surface area contributed by atoms with Crippen LogP contribution in [0.3, 0.4) is 0 Å². The summed E-state index contributed by atoms with van der Waals surface area (Å²) >= 11 is 1.67. The molecule has 0 aliphatic rings. The fraction of sp³-hybridized carbons (Fsp3) is 0.385. The SMILES string of the molecule is CCNC(=O)CNC(C)c1nc2ccccc2s1. The van der Waals surface area contributed by atoms with Gasteiger partial charge in [-0.25, -0.2) is 4.98 Å². The second kappa shape index (κ2) is 5.93. The Balaban J connectivity index is 2.00. The van der Waals surface area contributed by atoms with Gasteiger partial charge in [-0.2, -0.15) is 0 Å². The zero-order valence-corrected chi connectivity index (χ0v) is 11.4. The number of benzene rings is 1. The minimum absolute atomic E-state index is 0.0189. The van der Waals surface area contributed by atoms with Gasteiger partial charge in [0, 0.05) is 6.54 Å². The third-order valence-electron chi connectivity index (χ3n) is 2.62. The molecule has 1 aromatic carbocycles. The Hall–Kier alpha value is -1.46. The van der Waals surface area contributed by atoms with Gasteiger partial charge in [0.05, 0.1) is 22.8 Å². The molecule has 1 heterocycles. The van der Waals surface area contributed by atoms with E-state index in [1.165, 1.54) is 4.70 Å². The van der Waals surface area contributed by atoms with Crippen molar-refractivity contribution in [2.24, 2.45) is 0 Å². The summed E-state index contributed by atoms with van der Waals surface area (Å²) in [5, 5.41) is 6.96. The van der Waals surface area contributed by atoms with Crippen molar-refractivity contribution < 1.29 is 4.79 Å². The van der Waals surface area contributed by atoms with E-state index in [9.17, 15) is 4.79 Å². The van der Waals surface area contributed by atoms with E-state index in [0.717, 1.165) is 10.5 Å². The molecule has 5 heteroatoms. The summed E-state index contributed by atoms with van der Waals surface area (Å²) in [7, 11) is 0. The molecule has 1 amide bonds. The lowest BCUT2D eigenvalue weighted by atomic mass is 10.3. The molecule has 18 heavy (non-hydrogen) atoms. The Labute approximate surface area is 110 Å². The van der Waals surface area contributed by atoms with Crippen LogP contribution in [0.2, 0.25) is 0 Å². The maximum absolute atomic E-state index is 11.4. The molecule has 0 spiro atoms. The molecular weight excluding hydrogens is 246 g/mol. The third kappa shape index (κ3) is 3.05. The van der Waals surface area contributed by atoms with E-state index in [1.54, 1.807) is 11.3 Å². The van der Waals surface area contributed by atoms with Crippen molar-refractivity contribution >= 4 is 27.5 Å². The first-order valence-corrected chi connectivity index (χ1v) is 6.88. The number of aromatic nitrogens is 1. The van der Waals surface area contributed by atoms with Crippen molar-refractivity contribution in [2.45, 2.75) is 19.9 Å². The summed E-state index contributed by atoms with van der Waals surface area (Å²) in [6.07, 6.45) is 0. The number of nitrogens with one attached hydrogen (secondary N) is 2. The fourth-order valence-corrected chi connectivity index (χ4v) is 2.66. The fourth-order valence-electron chi connectivity index (χ4n) is 1.67. The summed E-state index contributed by atoms with van der Waals surface area (Å²) in [5.74, 6) is 0.0189. The largest absolute Gasteiger partial charge is 0.355 e. The molecule has 4 nitrogen and oxygen atoms in total. The van der Waals surface area contributed by atoms with Crippen LogP contribution in [-0.2, 0) is 4.79 Å². The van der Waals surface area contributed by atoms with Crippen LogP contribution >= 0.6 is 11.3 Å². The highest BCUT2D eigenvalue weighted by Gasteiger charge is 2.11. The molecule has 2 aromatic rings. The van der Waals surface area contributed by atoms with Crippen molar-refractivity contribution in [1.29, 1.82) is 0 Å². The van der Waals surface area contributed by atoms with Crippen LogP contribution in [0, 0.1) is 0 Å². The van der Waals surface area contributed by atoms with Gasteiger partial charge >= 0.3 is 0 Å². The molecule has 1 atom stereocenters. The lowest BCUT2D eigenvalue weighted by Gasteiger charge is -2.10. The maximum Gasteiger partial charge on any atom is 0.233 e. The Morgan fingerprint density at radius 2 is 2.22 bits per heavy atom. The first-order valence-electron chi connectivity index (χ1n) is 6.06. The highest BCUT2D eigenvalue weighted by molar-refractivity contribution is 7.18. The molecule has 0 fully saturated rings. The number of hydrogen-bond donors (Lipinski definition) is 2. The van der Waals surface area contributed by atoms with Crippen molar-refractivity contribution in [3.63, 3.8) is 0 Å². The van der Waals surface area contributed by atoms with Crippen LogP contribution in [0.4, 0.5) is 0 Å². The van der Waals surface area contributed by atoms with Crippen LogP contribution in [0.1, 0.15) is 24.9 Å². The molecule has 0 aliphatic heterocycles. The summed E-state index contributed by atoms with van der Waals surface area (Å²) in [5.41, 5.74) is 1.02. The highest BCUT2D eigenvalue weighted by atomic mass is 32.1. The lowest BCUT2D eigenvalue weighted by molar-refractivity contribution is -0.120. The molecular formula is C13H17N3OS. The minimum Gasteiger partial charge on any atom is -0.355 e. The quantitative estimate of drug-likeness (QED) is 0.868. The Morgan fingerprint density at radius 3 is 2.94 bits per heavy atom. The lowest BCUT2D eigenvalue weighted by Crippen LogP contribution is -2.34. The van der Waals surface area contributed by atoms with Crippen molar-refractivity contribution in [3.05, 3.63) is 29.3 Å². The van der Waals surface area contributed by atoms with Gasteiger partial charge in [-0.15, -0.1) is 11.3 Å². The van der Waals surface area contributed by atoms with Gasteiger partial charge < -0.3 is 5.32 Å². The average Bonchev–Trinajstić information content (AvgIpc) is 2.80. The normalized spacial score (nSPS) is 12.6. The van der Waals surface area contributed by atoms with Gasteiger partial charge in [-0.1, -0.05) is 12.1 Å². The molecule has 0 radical (unpaired) electrons. The van der Waals surface area contributed by atoms with Crippen molar-refractivity contribution in [1.82, 2.24) is 15.6 Å². The monoisotopic (exact) mass is 263 g/mol. The number of thiazole rings is 1. The van der Waals surface area contributed by atoms with Gasteiger partial charge in [0.15, 0.2) is 0 Å². The van der Waals surface area contributed by atoms with Crippen LogP contribution in [0.15, 0.2) is 24.3 Å². The van der Waals surface area contributed by atoms with Crippen molar-refractivity contribution in [3.8, 4) is 0 Å². The van der Waals surface area contributed by atoms with Gasteiger partial charge in [-0.3, -0.25) is 10.1 Å². The number of nitrogens with zero attached hydrogens (tertiary/aromatic N) is 1. The molecule has 2 rings (SSSR count). The molecule has 2 N–H and O–H groups in total. The van der Waals surface area contributed by atoms with Gasteiger partial charge in [0.2, 0.25) is 5.91 Å². The highest BCUT2D eigenvalue weighted by Crippen LogP contribution is 2.25. The molecule has 0 bridgehead atoms. The second-order valence-corrected chi connectivity index (χ2v) is 5.14. The van der Waals surface area contributed by atoms with E-state index >= 15 is 0 Å². The van der Waals surface area contributed by atoms with E-state index in [2.05, 4.69) is 21.7 Å². The summed E-state index contributed by atoms with van der Waals surface area (Å²) in [4.78, 5) is 15.9. The van der Waals surface area contributed by atoms with E-state index in [0.29, 0.717) is 13.1 Å². The van der Waals surface area contributed by atoms with Crippen LogP contribution in [0.25, 0.3) is 10.2 Å². The van der Waals surface area contributed by atoms with E-state index < -0.39 is 0 Å². The Morgan fingerprint density at radius 1 is 1.44 bits per heavy atom.